The fourth-order valence-corrected chi connectivity index (χ4v) is 3.15. The molecule has 1 aromatic heterocycles. The van der Waals surface area contributed by atoms with E-state index in [0.717, 1.165) is 74.2 Å². The van der Waals surface area contributed by atoms with Crippen LogP contribution < -0.4 is 20.1 Å². The maximum absolute atomic E-state index is 5.96. The third-order valence-electron chi connectivity index (χ3n) is 4.90. The summed E-state index contributed by atoms with van der Waals surface area (Å²) in [6.07, 6.45) is 5.55. The predicted octanol–water partition coefficient (Wildman–Crippen LogP) is 4.12. The van der Waals surface area contributed by atoms with Crippen molar-refractivity contribution in [3.05, 3.63) is 35.9 Å². The average molecular weight is 445 g/mol. The molecule has 1 aromatic carbocycles. The van der Waals surface area contributed by atoms with Crippen LogP contribution in [-0.4, -0.2) is 47.0 Å². The summed E-state index contributed by atoms with van der Waals surface area (Å²) in [6, 6.07) is 6.22. The van der Waals surface area contributed by atoms with Gasteiger partial charge in [0.15, 0.2) is 17.5 Å². The Balaban J connectivity index is 2.04. The lowest BCUT2D eigenvalue weighted by Crippen LogP contribution is -2.40. The molecule has 1 atom stereocenters. The smallest absolute Gasteiger partial charge is 0.191 e. The first-order chi connectivity index (χ1) is 15.6. The fourth-order valence-electron chi connectivity index (χ4n) is 3.15. The van der Waals surface area contributed by atoms with Gasteiger partial charge in [0.1, 0.15) is 12.2 Å². The maximum atomic E-state index is 5.96. The molecule has 1 unspecified atom stereocenters. The summed E-state index contributed by atoms with van der Waals surface area (Å²) in [6.45, 7) is 14.2. The Morgan fingerprint density at radius 1 is 1.06 bits per heavy atom. The molecule has 0 spiro atoms. The molecule has 32 heavy (non-hydrogen) atoms. The molecule has 0 amide bonds. The van der Waals surface area contributed by atoms with E-state index in [0.29, 0.717) is 13.2 Å². The zero-order chi connectivity index (χ0) is 23.2. The van der Waals surface area contributed by atoms with Gasteiger partial charge in [-0.05, 0) is 43.9 Å². The van der Waals surface area contributed by atoms with Crippen molar-refractivity contribution in [3.8, 4) is 11.5 Å². The highest BCUT2D eigenvalue weighted by molar-refractivity contribution is 5.80. The van der Waals surface area contributed by atoms with Crippen molar-refractivity contribution >= 4 is 5.96 Å². The second kappa shape index (κ2) is 14.3. The van der Waals surface area contributed by atoms with Crippen molar-refractivity contribution in [1.29, 1.82) is 0 Å². The van der Waals surface area contributed by atoms with Crippen LogP contribution in [0.15, 0.2) is 29.5 Å². The second-order valence-electron chi connectivity index (χ2n) is 7.72. The van der Waals surface area contributed by atoms with E-state index < -0.39 is 0 Å². The number of aromatic nitrogens is 3. The Bertz CT molecular complexity index is 821. The molecule has 0 aliphatic heterocycles. The minimum absolute atomic E-state index is 0.0587. The number of hydrogen-bond acceptors (Lipinski definition) is 5. The van der Waals surface area contributed by atoms with Crippen LogP contribution in [0.25, 0.3) is 0 Å². The second-order valence-corrected chi connectivity index (χ2v) is 7.72. The van der Waals surface area contributed by atoms with Crippen molar-refractivity contribution < 1.29 is 9.47 Å². The van der Waals surface area contributed by atoms with Crippen molar-refractivity contribution in [3.63, 3.8) is 0 Å². The molecule has 0 saturated carbocycles. The summed E-state index contributed by atoms with van der Waals surface area (Å²) in [5.41, 5.74) is 1.12. The Labute approximate surface area is 192 Å². The highest BCUT2D eigenvalue weighted by Crippen LogP contribution is 2.31. The quantitative estimate of drug-likeness (QED) is 0.337. The molecule has 178 valence electrons. The van der Waals surface area contributed by atoms with Crippen LogP contribution in [-0.2, 0) is 13.0 Å². The molecule has 8 nitrogen and oxygen atoms in total. The van der Waals surface area contributed by atoms with Gasteiger partial charge in [0, 0.05) is 26.1 Å². The lowest BCUT2D eigenvalue weighted by atomic mass is 10.1. The van der Waals surface area contributed by atoms with E-state index in [2.05, 4.69) is 72.1 Å². The minimum Gasteiger partial charge on any atom is -0.490 e. The van der Waals surface area contributed by atoms with Gasteiger partial charge in [0.25, 0.3) is 0 Å². The summed E-state index contributed by atoms with van der Waals surface area (Å²) in [5.74, 6) is 3.39. The Morgan fingerprint density at radius 2 is 1.81 bits per heavy atom. The van der Waals surface area contributed by atoms with Crippen LogP contribution in [0.3, 0.4) is 0 Å². The topological polar surface area (TPSA) is 85.6 Å². The molecular formula is C24H40N6O2. The molecule has 2 N–H and O–H groups in total. The lowest BCUT2D eigenvalue weighted by Gasteiger charge is -2.21. The summed E-state index contributed by atoms with van der Waals surface area (Å²) in [5, 5.41) is 15.1. The Hall–Kier alpha value is -2.77. The van der Waals surface area contributed by atoms with Gasteiger partial charge < -0.3 is 24.7 Å². The Morgan fingerprint density at radius 3 is 2.50 bits per heavy atom. The van der Waals surface area contributed by atoms with Crippen LogP contribution in [0.4, 0.5) is 0 Å². The first-order valence-corrected chi connectivity index (χ1v) is 11.9. The van der Waals surface area contributed by atoms with E-state index >= 15 is 0 Å². The SMILES string of the molecule is CCCN=C(NCCn1cnnc1CC)NC(C)c1ccc(OCCC)c(OCCC)c1. The molecule has 0 saturated heterocycles. The molecule has 0 fully saturated rings. The molecule has 0 bridgehead atoms. The number of hydrogen-bond donors (Lipinski definition) is 2. The van der Waals surface area contributed by atoms with Crippen molar-refractivity contribution in [2.75, 3.05) is 26.3 Å². The van der Waals surface area contributed by atoms with Gasteiger partial charge in [-0.15, -0.1) is 10.2 Å². The summed E-state index contributed by atoms with van der Waals surface area (Å²) < 4.78 is 13.9. The van der Waals surface area contributed by atoms with Gasteiger partial charge in [-0.2, -0.15) is 0 Å². The summed E-state index contributed by atoms with van der Waals surface area (Å²) >= 11 is 0. The Kier molecular flexibility index (Phi) is 11.4. The third kappa shape index (κ3) is 8.05. The minimum atomic E-state index is 0.0587. The molecule has 0 radical (unpaired) electrons. The molecule has 8 heteroatoms. The number of aryl methyl sites for hydroxylation is 1. The molecular weight excluding hydrogens is 404 g/mol. The molecule has 2 rings (SSSR count). The number of nitrogens with zero attached hydrogens (tertiary/aromatic N) is 4. The highest BCUT2D eigenvalue weighted by atomic mass is 16.5. The molecule has 0 aliphatic carbocycles. The first kappa shape index (κ1) is 25.5. The van der Waals surface area contributed by atoms with Crippen molar-refractivity contribution in [1.82, 2.24) is 25.4 Å². The molecule has 1 heterocycles. The van der Waals surface area contributed by atoms with E-state index in [1.165, 1.54) is 0 Å². The number of ether oxygens (including phenoxy) is 2. The number of guanidine groups is 1. The van der Waals surface area contributed by atoms with Crippen LogP contribution in [0.1, 0.15) is 71.3 Å². The van der Waals surface area contributed by atoms with Crippen LogP contribution in [0, 0.1) is 0 Å². The summed E-state index contributed by atoms with van der Waals surface area (Å²) in [4.78, 5) is 4.70. The predicted molar refractivity (Wildman–Crippen MR) is 130 cm³/mol. The standard InChI is InChI=1S/C24H40N6O2/c1-6-12-25-24(26-13-14-30-18-27-29-23(30)9-4)28-19(5)20-10-11-21(31-15-7-2)22(17-20)32-16-8-3/h10-11,17-19H,6-9,12-16H2,1-5H3,(H2,25,26,28). The van der Waals surface area contributed by atoms with Gasteiger partial charge in [-0.25, -0.2) is 0 Å². The van der Waals surface area contributed by atoms with E-state index in [1.807, 2.05) is 6.07 Å². The van der Waals surface area contributed by atoms with E-state index in [1.54, 1.807) is 6.33 Å². The number of aliphatic imine (C=N–C) groups is 1. The highest BCUT2D eigenvalue weighted by Gasteiger charge is 2.13. The molecule has 2 aromatic rings. The van der Waals surface area contributed by atoms with Crippen molar-refractivity contribution in [2.24, 2.45) is 4.99 Å². The zero-order valence-corrected chi connectivity index (χ0v) is 20.4. The van der Waals surface area contributed by atoms with E-state index in [9.17, 15) is 0 Å². The van der Waals surface area contributed by atoms with Crippen LogP contribution in [0.2, 0.25) is 0 Å². The average Bonchev–Trinajstić information content (AvgIpc) is 3.27. The first-order valence-electron chi connectivity index (χ1n) is 11.9. The number of nitrogens with one attached hydrogen (secondary N) is 2. The summed E-state index contributed by atoms with van der Waals surface area (Å²) in [7, 11) is 0. The van der Waals surface area contributed by atoms with Crippen LogP contribution in [0.5, 0.6) is 11.5 Å². The normalized spacial score (nSPS) is 12.5. The van der Waals surface area contributed by atoms with Crippen LogP contribution >= 0.6 is 0 Å². The van der Waals surface area contributed by atoms with Gasteiger partial charge in [-0.3, -0.25) is 4.99 Å². The number of benzene rings is 1. The van der Waals surface area contributed by atoms with Gasteiger partial charge in [0.05, 0.1) is 19.3 Å². The maximum Gasteiger partial charge on any atom is 0.191 e. The number of rotatable bonds is 14. The third-order valence-corrected chi connectivity index (χ3v) is 4.90. The van der Waals surface area contributed by atoms with E-state index in [-0.39, 0.29) is 6.04 Å². The largest absolute Gasteiger partial charge is 0.490 e. The fraction of sp³-hybridized carbons (Fsp3) is 0.625. The van der Waals surface area contributed by atoms with Gasteiger partial charge >= 0.3 is 0 Å². The molecule has 0 aliphatic rings. The lowest BCUT2D eigenvalue weighted by molar-refractivity contribution is 0.268. The van der Waals surface area contributed by atoms with Gasteiger partial charge in [0.2, 0.25) is 0 Å². The monoisotopic (exact) mass is 444 g/mol. The van der Waals surface area contributed by atoms with Crippen molar-refractivity contribution in [2.45, 2.75) is 72.9 Å². The van der Waals surface area contributed by atoms with E-state index in [4.69, 9.17) is 14.5 Å². The van der Waals surface area contributed by atoms with Gasteiger partial charge in [-0.1, -0.05) is 33.8 Å². The zero-order valence-electron chi connectivity index (χ0n) is 20.4.